The first-order valence-electron chi connectivity index (χ1n) is 6.99. The summed E-state index contributed by atoms with van der Waals surface area (Å²) in [6.45, 7) is 0.685. The molecule has 7 heteroatoms. The van der Waals surface area contributed by atoms with E-state index in [4.69, 9.17) is 14.3 Å². The summed E-state index contributed by atoms with van der Waals surface area (Å²) in [5, 5.41) is 2.65. The molecule has 3 rings (SSSR count). The zero-order chi connectivity index (χ0) is 16.1. The number of hydrogen-bond acceptors (Lipinski definition) is 4. The minimum absolute atomic E-state index is 0.151. The van der Waals surface area contributed by atoms with Crippen molar-refractivity contribution in [3.63, 3.8) is 0 Å². The van der Waals surface area contributed by atoms with E-state index >= 15 is 0 Å². The predicted octanol–water partition coefficient (Wildman–Crippen LogP) is 2.49. The standard InChI is InChI=1S/C16H15FN2O4/c17-13-4-1-11(2-5-13)9-23-19-16(20)18-8-12-3-6-14-15(7-12)22-10-21-14/h1-7H,8-10H2,(H2,18,19,20). The molecule has 2 amide bonds. The van der Waals surface area contributed by atoms with Crippen LogP contribution in [0.4, 0.5) is 9.18 Å². The molecule has 2 N–H and O–H groups in total. The molecule has 0 saturated carbocycles. The summed E-state index contributed by atoms with van der Waals surface area (Å²) in [5.74, 6) is 1.04. The molecule has 0 atom stereocenters. The van der Waals surface area contributed by atoms with Crippen molar-refractivity contribution < 1.29 is 23.5 Å². The smallest absolute Gasteiger partial charge is 0.338 e. The largest absolute Gasteiger partial charge is 0.454 e. The fourth-order valence-corrected chi connectivity index (χ4v) is 2.03. The summed E-state index contributed by atoms with van der Waals surface area (Å²) in [4.78, 5) is 16.7. The molecule has 0 spiro atoms. The number of nitrogens with one attached hydrogen (secondary N) is 2. The predicted molar refractivity (Wildman–Crippen MR) is 79.1 cm³/mol. The number of rotatable bonds is 5. The van der Waals surface area contributed by atoms with E-state index in [2.05, 4.69) is 10.8 Å². The van der Waals surface area contributed by atoms with E-state index in [0.29, 0.717) is 18.0 Å². The van der Waals surface area contributed by atoms with Crippen molar-refractivity contribution in [2.45, 2.75) is 13.2 Å². The first kappa shape index (κ1) is 15.1. The Morgan fingerprint density at radius 3 is 2.65 bits per heavy atom. The summed E-state index contributed by atoms with van der Waals surface area (Å²) in [7, 11) is 0. The van der Waals surface area contributed by atoms with Crippen molar-refractivity contribution in [3.8, 4) is 11.5 Å². The van der Waals surface area contributed by atoms with Crippen LogP contribution in [-0.4, -0.2) is 12.8 Å². The van der Waals surface area contributed by atoms with Gasteiger partial charge in [-0.1, -0.05) is 18.2 Å². The molecule has 1 heterocycles. The van der Waals surface area contributed by atoms with E-state index in [1.54, 1.807) is 18.2 Å². The summed E-state index contributed by atoms with van der Waals surface area (Å²) in [5.41, 5.74) is 3.90. The Bertz CT molecular complexity index is 691. The fourth-order valence-electron chi connectivity index (χ4n) is 2.03. The van der Waals surface area contributed by atoms with Crippen LogP contribution in [0.3, 0.4) is 0 Å². The molecule has 1 aliphatic heterocycles. The molecular weight excluding hydrogens is 303 g/mol. The highest BCUT2D eigenvalue weighted by Crippen LogP contribution is 2.32. The van der Waals surface area contributed by atoms with Crippen LogP contribution >= 0.6 is 0 Å². The third-order valence-corrected chi connectivity index (χ3v) is 3.21. The van der Waals surface area contributed by atoms with Gasteiger partial charge in [-0.3, -0.25) is 4.84 Å². The number of amides is 2. The van der Waals surface area contributed by atoms with Crippen LogP contribution in [0.15, 0.2) is 42.5 Å². The average Bonchev–Trinajstić information content (AvgIpc) is 3.02. The van der Waals surface area contributed by atoms with Crippen LogP contribution in [0.25, 0.3) is 0 Å². The van der Waals surface area contributed by atoms with E-state index in [1.165, 1.54) is 12.1 Å². The molecule has 0 aliphatic carbocycles. The van der Waals surface area contributed by atoms with Crippen molar-refractivity contribution in [1.82, 2.24) is 10.8 Å². The first-order chi connectivity index (χ1) is 11.2. The Hall–Kier alpha value is -2.80. The second-order valence-corrected chi connectivity index (χ2v) is 4.89. The molecule has 0 aromatic heterocycles. The lowest BCUT2D eigenvalue weighted by Gasteiger charge is -2.08. The molecule has 0 bridgehead atoms. The van der Waals surface area contributed by atoms with Crippen LogP contribution in [0.1, 0.15) is 11.1 Å². The van der Waals surface area contributed by atoms with Gasteiger partial charge in [0.15, 0.2) is 11.5 Å². The quantitative estimate of drug-likeness (QED) is 0.831. The Morgan fingerprint density at radius 1 is 1.09 bits per heavy atom. The average molecular weight is 318 g/mol. The van der Waals surface area contributed by atoms with Gasteiger partial charge in [0.05, 0.1) is 6.61 Å². The zero-order valence-corrected chi connectivity index (χ0v) is 12.2. The van der Waals surface area contributed by atoms with Gasteiger partial charge in [0.25, 0.3) is 0 Å². The Kier molecular flexibility index (Phi) is 4.58. The number of carbonyl (C=O) groups is 1. The maximum atomic E-state index is 12.7. The Labute approximate surface area is 132 Å². The molecule has 0 saturated heterocycles. The lowest BCUT2D eigenvalue weighted by Crippen LogP contribution is -2.34. The highest BCUT2D eigenvalue weighted by atomic mass is 19.1. The van der Waals surface area contributed by atoms with Crippen LogP contribution in [-0.2, 0) is 18.0 Å². The molecule has 0 fully saturated rings. The minimum Gasteiger partial charge on any atom is -0.454 e. The van der Waals surface area contributed by atoms with Gasteiger partial charge >= 0.3 is 6.03 Å². The maximum Gasteiger partial charge on any atom is 0.338 e. The molecule has 120 valence electrons. The number of hydrogen-bond donors (Lipinski definition) is 2. The summed E-state index contributed by atoms with van der Waals surface area (Å²) in [6.07, 6.45) is 0. The molecule has 2 aromatic rings. The lowest BCUT2D eigenvalue weighted by atomic mass is 10.2. The number of fused-ring (bicyclic) bond motifs is 1. The highest BCUT2D eigenvalue weighted by Gasteiger charge is 2.13. The SMILES string of the molecule is O=C(NCc1ccc2c(c1)OCO2)NOCc1ccc(F)cc1. The van der Waals surface area contributed by atoms with Crippen LogP contribution in [0.2, 0.25) is 0 Å². The third-order valence-electron chi connectivity index (χ3n) is 3.21. The first-order valence-corrected chi connectivity index (χ1v) is 6.99. The van der Waals surface area contributed by atoms with Crippen molar-refractivity contribution in [1.29, 1.82) is 0 Å². The van der Waals surface area contributed by atoms with Gasteiger partial charge < -0.3 is 14.8 Å². The number of halogens is 1. The summed E-state index contributed by atoms with van der Waals surface area (Å²) >= 11 is 0. The van der Waals surface area contributed by atoms with Crippen LogP contribution in [0, 0.1) is 5.82 Å². The van der Waals surface area contributed by atoms with E-state index < -0.39 is 6.03 Å². The summed E-state index contributed by atoms with van der Waals surface area (Å²) < 4.78 is 23.2. The third kappa shape index (κ3) is 4.10. The fraction of sp³-hybridized carbons (Fsp3) is 0.188. The van der Waals surface area contributed by atoms with E-state index in [0.717, 1.165) is 11.1 Å². The normalized spacial score (nSPS) is 12.0. The molecular formula is C16H15FN2O4. The van der Waals surface area contributed by atoms with Gasteiger partial charge in [-0.2, -0.15) is 0 Å². The van der Waals surface area contributed by atoms with E-state index in [9.17, 15) is 9.18 Å². The monoisotopic (exact) mass is 318 g/mol. The zero-order valence-electron chi connectivity index (χ0n) is 12.2. The van der Waals surface area contributed by atoms with E-state index in [-0.39, 0.29) is 19.2 Å². The highest BCUT2D eigenvalue weighted by molar-refractivity contribution is 5.72. The maximum absolute atomic E-state index is 12.7. The number of ether oxygens (including phenoxy) is 2. The van der Waals surface area contributed by atoms with Crippen molar-refractivity contribution >= 4 is 6.03 Å². The molecule has 0 radical (unpaired) electrons. The Morgan fingerprint density at radius 2 is 1.83 bits per heavy atom. The molecule has 1 aliphatic rings. The van der Waals surface area contributed by atoms with Gasteiger partial charge in [-0.05, 0) is 35.4 Å². The van der Waals surface area contributed by atoms with Gasteiger partial charge in [-0.15, -0.1) is 0 Å². The summed E-state index contributed by atoms with van der Waals surface area (Å²) in [6, 6.07) is 10.8. The number of benzene rings is 2. The van der Waals surface area contributed by atoms with Gasteiger partial charge in [0.2, 0.25) is 6.79 Å². The Balaban J connectivity index is 1.40. The van der Waals surface area contributed by atoms with Crippen molar-refractivity contribution in [3.05, 3.63) is 59.4 Å². The topological polar surface area (TPSA) is 68.8 Å². The van der Waals surface area contributed by atoms with Crippen molar-refractivity contribution in [2.24, 2.45) is 0 Å². The molecule has 2 aromatic carbocycles. The number of hydroxylamine groups is 1. The van der Waals surface area contributed by atoms with Crippen molar-refractivity contribution in [2.75, 3.05) is 6.79 Å². The van der Waals surface area contributed by atoms with Gasteiger partial charge in [0, 0.05) is 6.54 Å². The number of urea groups is 1. The van der Waals surface area contributed by atoms with Gasteiger partial charge in [-0.25, -0.2) is 14.7 Å². The lowest BCUT2D eigenvalue weighted by molar-refractivity contribution is 0.0489. The second kappa shape index (κ2) is 6.97. The minimum atomic E-state index is -0.468. The van der Waals surface area contributed by atoms with Crippen LogP contribution in [0.5, 0.6) is 11.5 Å². The van der Waals surface area contributed by atoms with Crippen LogP contribution < -0.4 is 20.3 Å². The molecule has 6 nitrogen and oxygen atoms in total. The molecule has 0 unspecified atom stereocenters. The van der Waals surface area contributed by atoms with Gasteiger partial charge in [0.1, 0.15) is 5.82 Å². The number of carbonyl (C=O) groups excluding carboxylic acids is 1. The van der Waals surface area contributed by atoms with E-state index in [1.807, 2.05) is 12.1 Å². The molecule has 23 heavy (non-hydrogen) atoms. The second-order valence-electron chi connectivity index (χ2n) is 4.89.